The van der Waals surface area contributed by atoms with E-state index in [0.717, 1.165) is 57.6 Å². The molecule has 32 heavy (non-hydrogen) atoms. The monoisotopic (exact) mass is 430 g/mol. The van der Waals surface area contributed by atoms with Crippen molar-refractivity contribution in [2.45, 2.75) is 38.6 Å². The lowest BCUT2D eigenvalue weighted by molar-refractivity contribution is -0.133. The van der Waals surface area contributed by atoms with Crippen LogP contribution in [0, 0.1) is 6.92 Å². The smallest absolute Gasteiger partial charge is 0.222 e. The van der Waals surface area contributed by atoms with Crippen LogP contribution in [0.3, 0.4) is 0 Å². The lowest BCUT2D eigenvalue weighted by atomic mass is 10.0. The van der Waals surface area contributed by atoms with Crippen LogP contribution in [0.5, 0.6) is 0 Å². The van der Waals surface area contributed by atoms with Gasteiger partial charge in [0.15, 0.2) is 0 Å². The van der Waals surface area contributed by atoms with Gasteiger partial charge < -0.3 is 14.8 Å². The van der Waals surface area contributed by atoms with E-state index in [4.69, 9.17) is 0 Å². The summed E-state index contributed by atoms with van der Waals surface area (Å²) < 4.78 is 0. The number of aromatic amines is 1. The number of nitrogens with zero attached hydrogens (tertiary/aromatic N) is 3. The van der Waals surface area contributed by atoms with Gasteiger partial charge in [-0.3, -0.25) is 9.69 Å². The number of H-pyrrole nitrogens is 1. The zero-order valence-corrected chi connectivity index (χ0v) is 19.1. The fourth-order valence-electron chi connectivity index (χ4n) is 5.46. The Morgan fingerprint density at radius 3 is 2.62 bits per heavy atom. The summed E-state index contributed by atoms with van der Waals surface area (Å²) in [7, 11) is 0. The summed E-state index contributed by atoms with van der Waals surface area (Å²) in [6.07, 6.45) is 5.78. The molecule has 0 saturated carbocycles. The lowest BCUT2D eigenvalue weighted by Crippen LogP contribution is -2.56. The third kappa shape index (κ3) is 4.40. The SMILES string of the molecule is Cc1ccccc1N1CCN([C@@H]2CCCN(C(=O)CCc3c[nH]c4ccccc34)C2)CC1. The van der Waals surface area contributed by atoms with Gasteiger partial charge in [0.1, 0.15) is 0 Å². The largest absolute Gasteiger partial charge is 0.369 e. The van der Waals surface area contributed by atoms with Crippen molar-refractivity contribution < 1.29 is 4.79 Å². The second-order valence-electron chi connectivity index (χ2n) is 9.30. The molecule has 5 rings (SSSR count). The highest BCUT2D eigenvalue weighted by atomic mass is 16.2. The number of carbonyl (C=O) groups is 1. The molecular weight excluding hydrogens is 396 g/mol. The molecule has 1 aromatic heterocycles. The first-order valence-corrected chi connectivity index (χ1v) is 12.1. The average Bonchev–Trinajstić information content (AvgIpc) is 3.26. The van der Waals surface area contributed by atoms with Crippen LogP contribution in [0.2, 0.25) is 0 Å². The third-order valence-corrected chi connectivity index (χ3v) is 7.32. The summed E-state index contributed by atoms with van der Waals surface area (Å²) in [5, 5.41) is 1.24. The Hall–Kier alpha value is -2.79. The highest BCUT2D eigenvalue weighted by Crippen LogP contribution is 2.24. The molecule has 5 nitrogen and oxygen atoms in total. The Morgan fingerprint density at radius 1 is 1.00 bits per heavy atom. The standard InChI is InChI=1S/C27H34N4O/c1-21-7-2-5-11-26(21)30-17-15-29(16-18-30)23-8-6-14-31(20-23)27(32)13-12-22-19-28-25-10-4-3-9-24(22)25/h2-5,7,9-11,19,23,28H,6,8,12-18,20H2,1H3/t23-/m1/s1. The zero-order valence-electron chi connectivity index (χ0n) is 19.1. The second-order valence-corrected chi connectivity index (χ2v) is 9.30. The Bertz CT molecular complexity index is 1070. The first-order chi connectivity index (χ1) is 15.7. The third-order valence-electron chi connectivity index (χ3n) is 7.32. The molecule has 1 amide bonds. The molecule has 0 unspecified atom stereocenters. The summed E-state index contributed by atoms with van der Waals surface area (Å²) >= 11 is 0. The predicted octanol–water partition coefficient (Wildman–Crippen LogP) is 4.22. The summed E-state index contributed by atoms with van der Waals surface area (Å²) in [5.74, 6) is 0.304. The quantitative estimate of drug-likeness (QED) is 0.659. The summed E-state index contributed by atoms with van der Waals surface area (Å²) in [6.45, 7) is 8.28. The Labute approximate surface area is 191 Å². The van der Waals surface area contributed by atoms with Gasteiger partial charge in [-0.1, -0.05) is 36.4 Å². The van der Waals surface area contributed by atoms with E-state index in [2.05, 4.69) is 75.3 Å². The molecule has 2 aromatic carbocycles. The Morgan fingerprint density at radius 2 is 1.78 bits per heavy atom. The number of likely N-dealkylation sites (tertiary alicyclic amines) is 1. The van der Waals surface area contributed by atoms with Crippen molar-refractivity contribution in [1.29, 1.82) is 0 Å². The van der Waals surface area contributed by atoms with Crippen LogP contribution in [-0.2, 0) is 11.2 Å². The maximum Gasteiger partial charge on any atom is 0.222 e. The van der Waals surface area contributed by atoms with Gasteiger partial charge >= 0.3 is 0 Å². The van der Waals surface area contributed by atoms with Gasteiger partial charge in [-0.25, -0.2) is 0 Å². The molecular formula is C27H34N4O. The van der Waals surface area contributed by atoms with Crippen LogP contribution in [0.1, 0.15) is 30.4 Å². The Balaban J connectivity index is 1.14. The van der Waals surface area contributed by atoms with E-state index >= 15 is 0 Å². The van der Waals surface area contributed by atoms with Crippen molar-refractivity contribution in [3.05, 3.63) is 65.9 Å². The van der Waals surface area contributed by atoms with E-state index in [1.54, 1.807) is 0 Å². The van der Waals surface area contributed by atoms with Gasteiger partial charge in [0, 0.05) is 74.5 Å². The van der Waals surface area contributed by atoms with Gasteiger partial charge in [0.2, 0.25) is 5.91 Å². The lowest BCUT2D eigenvalue weighted by Gasteiger charge is -2.44. The predicted molar refractivity (Wildman–Crippen MR) is 131 cm³/mol. The first-order valence-electron chi connectivity index (χ1n) is 12.1. The number of aryl methyl sites for hydroxylation is 2. The van der Waals surface area contributed by atoms with Crippen molar-refractivity contribution in [1.82, 2.24) is 14.8 Å². The minimum absolute atomic E-state index is 0.304. The van der Waals surface area contributed by atoms with Crippen LogP contribution in [0.15, 0.2) is 54.7 Å². The number of rotatable bonds is 5. The summed E-state index contributed by atoms with van der Waals surface area (Å²) in [4.78, 5) is 23.6. The molecule has 168 valence electrons. The van der Waals surface area contributed by atoms with Crippen LogP contribution in [0.25, 0.3) is 10.9 Å². The molecule has 0 aliphatic carbocycles. The fourth-order valence-corrected chi connectivity index (χ4v) is 5.46. The van der Waals surface area contributed by atoms with Gasteiger partial charge in [0.25, 0.3) is 0 Å². The number of aromatic nitrogens is 1. The van der Waals surface area contributed by atoms with E-state index in [1.165, 1.54) is 28.6 Å². The molecule has 5 heteroatoms. The number of carbonyl (C=O) groups excluding carboxylic acids is 1. The first kappa shape index (κ1) is 21.1. The van der Waals surface area contributed by atoms with Gasteiger partial charge in [-0.15, -0.1) is 0 Å². The van der Waals surface area contributed by atoms with Crippen LogP contribution in [0.4, 0.5) is 5.69 Å². The normalized spacial score (nSPS) is 20.1. The number of para-hydroxylation sites is 2. The number of piperazine rings is 1. The number of anilines is 1. The summed E-state index contributed by atoms with van der Waals surface area (Å²) in [5.41, 5.74) is 5.11. The number of piperidine rings is 1. The fraction of sp³-hybridized carbons (Fsp3) is 0.444. The van der Waals surface area contributed by atoms with Crippen molar-refractivity contribution in [2.24, 2.45) is 0 Å². The molecule has 0 spiro atoms. The molecule has 2 aliphatic heterocycles. The number of amides is 1. The number of benzene rings is 2. The average molecular weight is 431 g/mol. The van der Waals surface area contributed by atoms with E-state index in [9.17, 15) is 4.79 Å². The van der Waals surface area contributed by atoms with E-state index in [-0.39, 0.29) is 0 Å². The molecule has 0 bridgehead atoms. The van der Waals surface area contributed by atoms with Crippen molar-refractivity contribution in [3.8, 4) is 0 Å². The van der Waals surface area contributed by atoms with Crippen molar-refractivity contribution in [2.75, 3.05) is 44.2 Å². The highest BCUT2D eigenvalue weighted by molar-refractivity contribution is 5.84. The number of nitrogens with one attached hydrogen (secondary N) is 1. The minimum atomic E-state index is 0.304. The van der Waals surface area contributed by atoms with Crippen LogP contribution in [-0.4, -0.2) is 66.0 Å². The zero-order chi connectivity index (χ0) is 21.9. The maximum absolute atomic E-state index is 13.0. The molecule has 3 aromatic rings. The van der Waals surface area contributed by atoms with Gasteiger partial charge in [-0.05, 0) is 49.4 Å². The Kier molecular flexibility index (Phi) is 6.17. The van der Waals surface area contributed by atoms with Gasteiger partial charge in [0.05, 0.1) is 0 Å². The van der Waals surface area contributed by atoms with Crippen LogP contribution < -0.4 is 4.90 Å². The molecule has 2 aliphatic rings. The topological polar surface area (TPSA) is 42.6 Å². The number of hydrogen-bond acceptors (Lipinski definition) is 3. The number of fused-ring (bicyclic) bond motifs is 1. The number of hydrogen-bond donors (Lipinski definition) is 1. The van der Waals surface area contributed by atoms with Crippen molar-refractivity contribution in [3.63, 3.8) is 0 Å². The molecule has 3 heterocycles. The van der Waals surface area contributed by atoms with E-state index < -0.39 is 0 Å². The second kappa shape index (κ2) is 9.37. The molecule has 1 N–H and O–H groups in total. The van der Waals surface area contributed by atoms with Crippen LogP contribution >= 0.6 is 0 Å². The summed E-state index contributed by atoms with van der Waals surface area (Å²) in [6, 6.07) is 17.5. The molecule has 1 atom stereocenters. The molecule has 2 saturated heterocycles. The van der Waals surface area contributed by atoms with E-state index in [1.807, 2.05) is 6.07 Å². The van der Waals surface area contributed by atoms with Crippen molar-refractivity contribution >= 4 is 22.5 Å². The maximum atomic E-state index is 13.0. The van der Waals surface area contributed by atoms with Gasteiger partial charge in [-0.2, -0.15) is 0 Å². The highest BCUT2D eigenvalue weighted by Gasteiger charge is 2.30. The van der Waals surface area contributed by atoms with E-state index in [0.29, 0.717) is 18.4 Å². The molecule has 0 radical (unpaired) electrons. The minimum Gasteiger partial charge on any atom is -0.369 e. The molecule has 2 fully saturated rings.